The number of aromatic nitrogens is 2. The van der Waals surface area contributed by atoms with Crippen molar-refractivity contribution in [1.29, 1.82) is 0 Å². The maximum atomic E-state index is 13.4. The number of anilines is 1. The molecular weight excluding hydrogens is 402 g/mol. The van der Waals surface area contributed by atoms with Crippen LogP contribution in [0.2, 0.25) is 0 Å². The molecular formula is C22H17N3O4S. The van der Waals surface area contributed by atoms with E-state index in [0.29, 0.717) is 42.7 Å². The number of hydrogen-bond donors (Lipinski definition) is 0. The average Bonchev–Trinajstić information content (AvgIpc) is 3.50. The number of ether oxygens (including phenoxy) is 2. The van der Waals surface area contributed by atoms with E-state index in [2.05, 4.69) is 10.1 Å². The van der Waals surface area contributed by atoms with Crippen molar-refractivity contribution in [3.05, 3.63) is 76.9 Å². The lowest BCUT2D eigenvalue weighted by Gasteiger charge is -2.24. The molecule has 0 saturated heterocycles. The van der Waals surface area contributed by atoms with E-state index < -0.39 is 0 Å². The van der Waals surface area contributed by atoms with Crippen molar-refractivity contribution in [2.75, 3.05) is 18.1 Å². The summed E-state index contributed by atoms with van der Waals surface area (Å²) in [6.07, 6.45) is 3.34. The van der Waals surface area contributed by atoms with Crippen LogP contribution in [0.25, 0.3) is 11.3 Å². The fourth-order valence-electron chi connectivity index (χ4n) is 3.20. The van der Waals surface area contributed by atoms with Crippen LogP contribution in [0, 0.1) is 0 Å². The highest BCUT2D eigenvalue weighted by Gasteiger charge is 2.24. The van der Waals surface area contributed by atoms with E-state index >= 15 is 0 Å². The average molecular weight is 419 g/mol. The van der Waals surface area contributed by atoms with Gasteiger partial charge < -0.3 is 18.9 Å². The molecule has 5 rings (SSSR count). The molecule has 0 N–H and O–H groups in total. The summed E-state index contributed by atoms with van der Waals surface area (Å²) in [7, 11) is 0. The number of benzene rings is 1. The first kappa shape index (κ1) is 18.4. The Bertz CT molecular complexity index is 1160. The zero-order chi connectivity index (χ0) is 20.3. The maximum absolute atomic E-state index is 13.4. The number of thiophene rings is 1. The summed E-state index contributed by atoms with van der Waals surface area (Å²) < 4.78 is 16.7. The van der Waals surface area contributed by atoms with Gasteiger partial charge in [-0.2, -0.15) is 0 Å². The molecule has 0 saturated carbocycles. The fourth-order valence-corrected chi connectivity index (χ4v) is 3.89. The van der Waals surface area contributed by atoms with E-state index in [1.54, 1.807) is 40.8 Å². The third kappa shape index (κ3) is 3.65. The van der Waals surface area contributed by atoms with Gasteiger partial charge in [0, 0.05) is 40.7 Å². The molecule has 4 aromatic rings. The van der Waals surface area contributed by atoms with Gasteiger partial charge in [0.05, 0.1) is 6.54 Å². The highest BCUT2D eigenvalue weighted by Crippen LogP contribution is 2.35. The Morgan fingerprint density at radius 1 is 1.07 bits per heavy atom. The standard InChI is InChI=1S/C22H17N3O4S/c26-22(18-12-20(29-24-18)15-3-1-7-23-13-15)25(14-17-4-2-10-30-17)16-5-6-19-21(11-16)28-9-8-27-19/h1-7,10-13H,8-9,14H2. The number of nitrogens with zero attached hydrogens (tertiary/aromatic N) is 3. The molecule has 1 amide bonds. The highest BCUT2D eigenvalue weighted by atomic mass is 32.1. The first-order valence-electron chi connectivity index (χ1n) is 9.39. The molecule has 1 aliphatic heterocycles. The van der Waals surface area contributed by atoms with Crippen LogP contribution in [0.5, 0.6) is 11.5 Å². The van der Waals surface area contributed by atoms with Gasteiger partial charge in [-0.3, -0.25) is 9.78 Å². The van der Waals surface area contributed by atoms with E-state index in [1.165, 1.54) is 0 Å². The van der Waals surface area contributed by atoms with Crippen LogP contribution in [-0.4, -0.2) is 29.3 Å². The third-order valence-electron chi connectivity index (χ3n) is 4.65. The number of fused-ring (bicyclic) bond motifs is 1. The van der Waals surface area contributed by atoms with Crippen LogP contribution in [0.3, 0.4) is 0 Å². The zero-order valence-corrected chi connectivity index (χ0v) is 16.7. The molecule has 0 fully saturated rings. The van der Waals surface area contributed by atoms with Crippen molar-refractivity contribution < 1.29 is 18.8 Å². The van der Waals surface area contributed by atoms with E-state index in [0.717, 1.165) is 10.4 Å². The lowest BCUT2D eigenvalue weighted by Crippen LogP contribution is -2.30. The van der Waals surface area contributed by atoms with Crippen molar-refractivity contribution in [2.45, 2.75) is 6.54 Å². The Labute approximate surface area is 176 Å². The smallest absolute Gasteiger partial charge is 0.280 e. The van der Waals surface area contributed by atoms with Crippen LogP contribution in [0.1, 0.15) is 15.4 Å². The van der Waals surface area contributed by atoms with Crippen LogP contribution in [0.15, 0.2) is 70.8 Å². The van der Waals surface area contributed by atoms with Crippen molar-refractivity contribution >= 4 is 22.9 Å². The van der Waals surface area contributed by atoms with Crippen LogP contribution >= 0.6 is 11.3 Å². The monoisotopic (exact) mass is 419 g/mol. The Hall–Kier alpha value is -3.65. The van der Waals surface area contributed by atoms with Gasteiger partial charge in [-0.1, -0.05) is 11.2 Å². The molecule has 30 heavy (non-hydrogen) atoms. The van der Waals surface area contributed by atoms with Gasteiger partial charge in [-0.25, -0.2) is 0 Å². The molecule has 0 aliphatic carbocycles. The van der Waals surface area contributed by atoms with Gasteiger partial charge in [0.1, 0.15) is 13.2 Å². The van der Waals surface area contributed by atoms with Crippen molar-refractivity contribution in [3.8, 4) is 22.8 Å². The van der Waals surface area contributed by atoms with Crippen molar-refractivity contribution in [2.24, 2.45) is 0 Å². The summed E-state index contributed by atoms with van der Waals surface area (Å²) in [4.78, 5) is 20.2. The summed E-state index contributed by atoms with van der Waals surface area (Å²) in [5, 5.41) is 5.99. The lowest BCUT2D eigenvalue weighted by atomic mass is 10.2. The molecule has 8 heteroatoms. The molecule has 3 aromatic heterocycles. The van der Waals surface area contributed by atoms with E-state index in [-0.39, 0.29) is 11.6 Å². The second kappa shape index (κ2) is 8.00. The first-order chi connectivity index (χ1) is 14.8. The van der Waals surface area contributed by atoms with E-state index in [4.69, 9.17) is 14.0 Å². The van der Waals surface area contributed by atoms with Gasteiger partial charge in [-0.05, 0) is 35.7 Å². The lowest BCUT2D eigenvalue weighted by molar-refractivity contribution is 0.0976. The largest absolute Gasteiger partial charge is 0.486 e. The number of carbonyl (C=O) groups excluding carboxylic acids is 1. The molecule has 0 bridgehead atoms. The van der Waals surface area contributed by atoms with Crippen LogP contribution < -0.4 is 14.4 Å². The van der Waals surface area contributed by atoms with Crippen LogP contribution in [0.4, 0.5) is 5.69 Å². The van der Waals surface area contributed by atoms with Crippen molar-refractivity contribution in [3.63, 3.8) is 0 Å². The van der Waals surface area contributed by atoms with Gasteiger partial charge in [0.25, 0.3) is 5.91 Å². The summed E-state index contributed by atoms with van der Waals surface area (Å²) >= 11 is 1.59. The minimum atomic E-state index is -0.265. The Balaban J connectivity index is 1.49. The number of carbonyl (C=O) groups is 1. The van der Waals surface area contributed by atoms with Gasteiger partial charge in [0.2, 0.25) is 0 Å². The molecule has 1 aliphatic rings. The predicted molar refractivity (Wildman–Crippen MR) is 112 cm³/mol. The van der Waals surface area contributed by atoms with E-state index in [1.807, 2.05) is 41.8 Å². The molecule has 0 unspecified atom stereocenters. The Morgan fingerprint density at radius 3 is 2.77 bits per heavy atom. The Kier molecular flexibility index (Phi) is 4.90. The third-order valence-corrected chi connectivity index (χ3v) is 5.51. The van der Waals surface area contributed by atoms with Crippen LogP contribution in [-0.2, 0) is 6.54 Å². The number of amides is 1. The summed E-state index contributed by atoms with van der Waals surface area (Å²) in [5.74, 6) is 1.52. The number of rotatable bonds is 5. The van der Waals surface area contributed by atoms with Gasteiger partial charge in [-0.15, -0.1) is 11.3 Å². The maximum Gasteiger partial charge on any atom is 0.280 e. The zero-order valence-electron chi connectivity index (χ0n) is 15.9. The summed E-state index contributed by atoms with van der Waals surface area (Å²) in [6.45, 7) is 1.40. The van der Waals surface area contributed by atoms with E-state index in [9.17, 15) is 4.79 Å². The second-order valence-corrected chi connectivity index (χ2v) is 7.65. The fraction of sp³-hybridized carbons (Fsp3) is 0.136. The normalized spacial score (nSPS) is 12.5. The number of hydrogen-bond acceptors (Lipinski definition) is 7. The highest BCUT2D eigenvalue weighted by molar-refractivity contribution is 7.09. The molecule has 4 heterocycles. The number of pyridine rings is 1. The second-order valence-electron chi connectivity index (χ2n) is 6.62. The minimum Gasteiger partial charge on any atom is -0.486 e. The minimum absolute atomic E-state index is 0.222. The summed E-state index contributed by atoms with van der Waals surface area (Å²) in [6, 6.07) is 14.7. The molecule has 0 spiro atoms. The summed E-state index contributed by atoms with van der Waals surface area (Å²) in [5.41, 5.74) is 1.68. The van der Waals surface area contributed by atoms with Crippen molar-refractivity contribution in [1.82, 2.24) is 10.1 Å². The van der Waals surface area contributed by atoms with Gasteiger partial charge >= 0.3 is 0 Å². The van der Waals surface area contributed by atoms with Gasteiger partial charge in [0.15, 0.2) is 23.0 Å². The SMILES string of the molecule is O=C(c1cc(-c2cccnc2)on1)N(Cc1cccs1)c1ccc2c(c1)OCCO2. The predicted octanol–water partition coefficient (Wildman–Crippen LogP) is 4.42. The molecule has 150 valence electrons. The topological polar surface area (TPSA) is 77.7 Å². The first-order valence-corrected chi connectivity index (χ1v) is 10.3. The molecule has 0 atom stereocenters. The molecule has 7 nitrogen and oxygen atoms in total. The Morgan fingerprint density at radius 2 is 1.97 bits per heavy atom. The molecule has 1 aromatic carbocycles. The molecule has 0 radical (unpaired) electrons. The quantitative estimate of drug-likeness (QED) is 0.477.